The van der Waals surface area contributed by atoms with Crippen LogP contribution in [0, 0.1) is 6.92 Å². The fourth-order valence-corrected chi connectivity index (χ4v) is 2.82. The van der Waals surface area contributed by atoms with Crippen LogP contribution in [-0.4, -0.2) is 0 Å². The van der Waals surface area contributed by atoms with Gasteiger partial charge in [-0.25, -0.2) is 4.79 Å². The van der Waals surface area contributed by atoms with Gasteiger partial charge in [-0.1, -0.05) is 49.6 Å². The van der Waals surface area contributed by atoms with Gasteiger partial charge in [0.1, 0.15) is 5.58 Å². The molecule has 0 unspecified atom stereocenters. The lowest BCUT2D eigenvalue weighted by molar-refractivity contribution is 0.569. The normalized spacial score (nSPS) is 11.3. The van der Waals surface area contributed by atoms with Crippen LogP contribution in [0.15, 0.2) is 45.6 Å². The molecule has 1 aromatic heterocycles. The van der Waals surface area contributed by atoms with E-state index in [9.17, 15) is 4.79 Å². The molecule has 0 spiro atoms. The molecule has 2 aromatic carbocycles. The molecule has 0 saturated carbocycles. The molecule has 2 nitrogen and oxygen atoms in total. The van der Waals surface area contributed by atoms with E-state index in [1.54, 1.807) is 0 Å². The molecule has 0 aliphatic carbocycles. The standard InChI is InChI=1S/C19H20O2/c1-3-4-5-6-14-8-10-15-17-11-13(2)7-9-16(17)19(20)21-18(15)12-14/h7-12H,3-6H2,1-2H3. The Morgan fingerprint density at radius 3 is 2.57 bits per heavy atom. The summed E-state index contributed by atoms with van der Waals surface area (Å²) in [4.78, 5) is 12.1. The number of rotatable bonds is 4. The highest BCUT2D eigenvalue weighted by Gasteiger charge is 2.08. The summed E-state index contributed by atoms with van der Waals surface area (Å²) in [5, 5.41) is 2.67. The summed E-state index contributed by atoms with van der Waals surface area (Å²) in [5.74, 6) is 0. The first-order valence-corrected chi connectivity index (χ1v) is 7.65. The van der Waals surface area contributed by atoms with Gasteiger partial charge in [-0.2, -0.15) is 0 Å². The van der Waals surface area contributed by atoms with Crippen molar-refractivity contribution < 1.29 is 4.42 Å². The Morgan fingerprint density at radius 2 is 1.76 bits per heavy atom. The number of fused-ring (bicyclic) bond motifs is 3. The van der Waals surface area contributed by atoms with Crippen molar-refractivity contribution in [3.63, 3.8) is 0 Å². The maximum Gasteiger partial charge on any atom is 0.344 e. The van der Waals surface area contributed by atoms with E-state index in [1.165, 1.54) is 24.8 Å². The summed E-state index contributed by atoms with van der Waals surface area (Å²) < 4.78 is 5.51. The van der Waals surface area contributed by atoms with Crippen molar-refractivity contribution in [3.05, 3.63) is 57.9 Å². The van der Waals surface area contributed by atoms with Crippen LogP contribution in [0.2, 0.25) is 0 Å². The molecule has 0 saturated heterocycles. The maximum absolute atomic E-state index is 12.1. The molecule has 0 N–H and O–H groups in total. The Labute approximate surface area is 124 Å². The molecule has 0 aliphatic heterocycles. The van der Waals surface area contributed by atoms with Crippen molar-refractivity contribution in [2.75, 3.05) is 0 Å². The molecule has 0 aliphatic rings. The van der Waals surface area contributed by atoms with Crippen molar-refractivity contribution in [1.82, 2.24) is 0 Å². The predicted octanol–water partition coefficient (Wildman–Crippen LogP) is 4.99. The van der Waals surface area contributed by atoms with E-state index in [4.69, 9.17) is 4.42 Å². The van der Waals surface area contributed by atoms with Gasteiger partial charge in [-0.15, -0.1) is 0 Å². The van der Waals surface area contributed by atoms with Gasteiger partial charge in [0.05, 0.1) is 5.39 Å². The van der Waals surface area contributed by atoms with E-state index in [0.29, 0.717) is 11.0 Å². The van der Waals surface area contributed by atoms with Gasteiger partial charge >= 0.3 is 5.63 Å². The zero-order chi connectivity index (χ0) is 14.8. The van der Waals surface area contributed by atoms with Gasteiger partial charge < -0.3 is 4.42 Å². The molecular formula is C19H20O2. The number of hydrogen-bond donors (Lipinski definition) is 0. The minimum Gasteiger partial charge on any atom is -0.422 e. The summed E-state index contributed by atoms with van der Waals surface area (Å²) in [6.07, 6.45) is 4.67. The van der Waals surface area contributed by atoms with Crippen molar-refractivity contribution >= 4 is 21.7 Å². The number of unbranched alkanes of at least 4 members (excludes halogenated alkanes) is 2. The Balaban J connectivity index is 2.14. The van der Waals surface area contributed by atoms with Gasteiger partial charge in [0.15, 0.2) is 0 Å². The second kappa shape index (κ2) is 5.72. The third kappa shape index (κ3) is 2.71. The molecule has 0 atom stereocenters. The summed E-state index contributed by atoms with van der Waals surface area (Å²) in [6.45, 7) is 4.24. The number of aryl methyl sites for hydroxylation is 2. The summed E-state index contributed by atoms with van der Waals surface area (Å²) in [7, 11) is 0. The van der Waals surface area contributed by atoms with E-state index in [0.717, 1.165) is 22.8 Å². The van der Waals surface area contributed by atoms with Gasteiger partial charge in [0, 0.05) is 10.8 Å². The quantitative estimate of drug-likeness (QED) is 0.383. The summed E-state index contributed by atoms with van der Waals surface area (Å²) >= 11 is 0. The molecule has 3 rings (SSSR count). The van der Waals surface area contributed by atoms with Gasteiger partial charge in [0.2, 0.25) is 0 Å². The highest BCUT2D eigenvalue weighted by atomic mass is 16.4. The SMILES string of the molecule is CCCCCc1ccc2c(c1)oc(=O)c1ccc(C)cc12. The molecule has 0 amide bonds. The fraction of sp³-hybridized carbons (Fsp3) is 0.316. The molecule has 0 bridgehead atoms. The lowest BCUT2D eigenvalue weighted by Gasteiger charge is -2.06. The molecule has 108 valence electrons. The van der Waals surface area contributed by atoms with Crippen molar-refractivity contribution in [3.8, 4) is 0 Å². The Bertz CT molecular complexity index is 843. The molecule has 2 heteroatoms. The van der Waals surface area contributed by atoms with Gasteiger partial charge in [-0.05, 0) is 37.5 Å². The topological polar surface area (TPSA) is 30.2 Å². The van der Waals surface area contributed by atoms with Crippen LogP contribution >= 0.6 is 0 Å². The van der Waals surface area contributed by atoms with Gasteiger partial charge in [-0.3, -0.25) is 0 Å². The first-order valence-electron chi connectivity index (χ1n) is 7.65. The van der Waals surface area contributed by atoms with E-state index < -0.39 is 0 Å². The average Bonchev–Trinajstić information content (AvgIpc) is 2.47. The van der Waals surface area contributed by atoms with Crippen LogP contribution < -0.4 is 5.63 Å². The minimum atomic E-state index is -0.247. The molecule has 21 heavy (non-hydrogen) atoms. The fourth-order valence-electron chi connectivity index (χ4n) is 2.82. The maximum atomic E-state index is 12.1. The van der Waals surface area contributed by atoms with Crippen LogP contribution in [0.25, 0.3) is 21.7 Å². The van der Waals surface area contributed by atoms with Crippen LogP contribution in [0.5, 0.6) is 0 Å². The van der Waals surface area contributed by atoms with E-state index in [-0.39, 0.29) is 5.63 Å². The smallest absolute Gasteiger partial charge is 0.344 e. The van der Waals surface area contributed by atoms with E-state index in [2.05, 4.69) is 25.1 Å². The number of hydrogen-bond acceptors (Lipinski definition) is 2. The monoisotopic (exact) mass is 280 g/mol. The van der Waals surface area contributed by atoms with Crippen molar-refractivity contribution in [2.24, 2.45) is 0 Å². The molecular weight excluding hydrogens is 260 g/mol. The summed E-state index contributed by atoms with van der Waals surface area (Å²) in [6, 6.07) is 12.1. The lowest BCUT2D eigenvalue weighted by atomic mass is 10.0. The van der Waals surface area contributed by atoms with E-state index in [1.807, 2.05) is 25.1 Å². The molecule has 3 aromatic rings. The first-order chi connectivity index (χ1) is 10.2. The average molecular weight is 280 g/mol. The van der Waals surface area contributed by atoms with Crippen molar-refractivity contribution in [2.45, 2.75) is 39.5 Å². The Morgan fingerprint density at radius 1 is 0.952 bits per heavy atom. The van der Waals surface area contributed by atoms with Crippen molar-refractivity contribution in [1.29, 1.82) is 0 Å². The zero-order valence-corrected chi connectivity index (χ0v) is 12.6. The molecule has 1 heterocycles. The second-order valence-electron chi connectivity index (χ2n) is 5.73. The second-order valence-corrected chi connectivity index (χ2v) is 5.73. The molecule has 0 fully saturated rings. The van der Waals surface area contributed by atoms with Crippen LogP contribution in [0.1, 0.15) is 37.3 Å². The summed E-state index contributed by atoms with van der Waals surface area (Å²) in [5.41, 5.74) is 2.85. The predicted molar refractivity (Wildman–Crippen MR) is 88.0 cm³/mol. The molecule has 0 radical (unpaired) electrons. The van der Waals surface area contributed by atoms with E-state index >= 15 is 0 Å². The van der Waals surface area contributed by atoms with Crippen LogP contribution in [0.4, 0.5) is 0 Å². The third-order valence-corrected chi connectivity index (χ3v) is 4.00. The minimum absolute atomic E-state index is 0.247. The Hall–Kier alpha value is -2.09. The van der Waals surface area contributed by atoms with Crippen LogP contribution in [0.3, 0.4) is 0 Å². The highest BCUT2D eigenvalue weighted by Crippen LogP contribution is 2.25. The highest BCUT2D eigenvalue weighted by molar-refractivity contribution is 6.04. The van der Waals surface area contributed by atoms with Gasteiger partial charge in [0.25, 0.3) is 0 Å². The lowest BCUT2D eigenvalue weighted by Crippen LogP contribution is -2.00. The largest absolute Gasteiger partial charge is 0.422 e. The van der Waals surface area contributed by atoms with Crippen LogP contribution in [-0.2, 0) is 6.42 Å². The third-order valence-electron chi connectivity index (χ3n) is 4.00. The zero-order valence-electron chi connectivity index (χ0n) is 12.6. The Kier molecular flexibility index (Phi) is 3.78. The first kappa shape index (κ1) is 13.9. The number of benzene rings is 2.